The molecule has 13 heavy (non-hydrogen) atoms. The Morgan fingerprint density at radius 2 is 1.85 bits per heavy atom. The Morgan fingerprint density at radius 3 is 2.69 bits per heavy atom. The second kappa shape index (κ2) is 2.65. The van der Waals surface area contributed by atoms with E-state index in [4.69, 9.17) is 23.2 Å². The lowest BCUT2D eigenvalue weighted by molar-refractivity contribution is 0.298. The Labute approximate surface area is 87.9 Å². The van der Waals surface area contributed by atoms with E-state index in [0.717, 1.165) is 6.42 Å². The zero-order chi connectivity index (χ0) is 9.00. The summed E-state index contributed by atoms with van der Waals surface area (Å²) in [6.07, 6.45) is 1.12. The van der Waals surface area contributed by atoms with E-state index in [-0.39, 0.29) is 10.8 Å². The molecule has 3 rings (SSSR count). The molecule has 2 aliphatic carbocycles. The van der Waals surface area contributed by atoms with Crippen LogP contribution in [0.25, 0.3) is 0 Å². The van der Waals surface area contributed by atoms with Gasteiger partial charge < -0.3 is 0 Å². The summed E-state index contributed by atoms with van der Waals surface area (Å²) in [5, 5.41) is 0.328. The van der Waals surface area contributed by atoms with Crippen molar-refractivity contribution in [3.8, 4) is 0 Å². The van der Waals surface area contributed by atoms with Gasteiger partial charge in [-0.05, 0) is 23.5 Å². The predicted octanol–water partition coefficient (Wildman–Crippen LogP) is 3.17. The number of halogens is 2. The molecular weight excluding hydrogens is 203 g/mol. The Kier molecular flexibility index (Phi) is 1.66. The van der Waals surface area contributed by atoms with Crippen molar-refractivity contribution in [2.24, 2.45) is 5.92 Å². The van der Waals surface area contributed by atoms with Gasteiger partial charge in [-0.25, -0.2) is 0 Å². The first-order valence-electron chi connectivity index (χ1n) is 4.65. The van der Waals surface area contributed by atoms with E-state index in [1.165, 1.54) is 11.1 Å². The third-order valence-electron chi connectivity index (χ3n) is 3.39. The molecule has 0 radical (unpaired) electrons. The maximum atomic E-state index is 6.20. The summed E-state index contributed by atoms with van der Waals surface area (Å²) in [6, 6.07) is 8.57. The third-order valence-corrected chi connectivity index (χ3v) is 4.65. The molecule has 0 spiro atoms. The monoisotopic (exact) mass is 212 g/mol. The van der Waals surface area contributed by atoms with Crippen LogP contribution in [0.1, 0.15) is 17.0 Å². The average molecular weight is 213 g/mol. The zero-order valence-corrected chi connectivity index (χ0v) is 8.59. The zero-order valence-electron chi connectivity index (χ0n) is 7.08. The van der Waals surface area contributed by atoms with Crippen molar-refractivity contribution in [2.75, 3.05) is 0 Å². The number of alkyl halides is 2. The number of benzene rings is 1. The molecule has 0 heterocycles. The van der Waals surface area contributed by atoms with Crippen molar-refractivity contribution in [3.63, 3.8) is 0 Å². The van der Waals surface area contributed by atoms with E-state index in [9.17, 15) is 0 Å². The standard InChI is InChI=1S/C11H10Cl2/c12-10-8-5-6-3-1-2-4-7(6)9(8)11(10)13/h1-4,8-11H,5H2/t8-,9+,10-,11-/m0/s1. The number of hydrogen-bond donors (Lipinski definition) is 0. The van der Waals surface area contributed by atoms with E-state index in [0.29, 0.717) is 11.8 Å². The summed E-state index contributed by atoms with van der Waals surface area (Å²) in [6.45, 7) is 0. The van der Waals surface area contributed by atoms with E-state index in [1.54, 1.807) is 0 Å². The first-order valence-corrected chi connectivity index (χ1v) is 5.52. The fraction of sp³-hybridized carbons (Fsp3) is 0.455. The van der Waals surface area contributed by atoms with Gasteiger partial charge in [0.05, 0.1) is 10.8 Å². The molecule has 0 unspecified atom stereocenters. The lowest BCUT2D eigenvalue weighted by Gasteiger charge is -2.42. The SMILES string of the molecule is Cl[C@@H]1[C@@H](Cl)[C@@H]2c3ccccc3C[C@H]12. The van der Waals surface area contributed by atoms with Crippen molar-refractivity contribution in [1.82, 2.24) is 0 Å². The van der Waals surface area contributed by atoms with Crippen LogP contribution in [0, 0.1) is 5.92 Å². The Balaban J connectivity index is 2.05. The molecule has 0 N–H and O–H groups in total. The molecule has 1 fully saturated rings. The minimum Gasteiger partial charge on any atom is -0.121 e. The highest BCUT2D eigenvalue weighted by Crippen LogP contribution is 2.55. The van der Waals surface area contributed by atoms with Crippen molar-refractivity contribution in [1.29, 1.82) is 0 Å². The molecule has 0 amide bonds. The molecule has 4 atom stereocenters. The molecule has 0 aliphatic heterocycles. The van der Waals surface area contributed by atoms with Crippen LogP contribution >= 0.6 is 23.2 Å². The van der Waals surface area contributed by atoms with Crippen LogP contribution in [0.3, 0.4) is 0 Å². The molecule has 2 aliphatic rings. The van der Waals surface area contributed by atoms with Gasteiger partial charge in [0.2, 0.25) is 0 Å². The first kappa shape index (κ1) is 8.14. The number of fused-ring (bicyclic) bond motifs is 3. The Morgan fingerprint density at radius 1 is 1.08 bits per heavy atom. The Bertz CT molecular complexity index is 348. The average Bonchev–Trinajstić information content (AvgIpc) is 2.52. The molecule has 0 saturated heterocycles. The predicted molar refractivity (Wildman–Crippen MR) is 55.7 cm³/mol. The molecule has 1 saturated carbocycles. The van der Waals surface area contributed by atoms with E-state index in [2.05, 4.69) is 24.3 Å². The van der Waals surface area contributed by atoms with Crippen LogP contribution in [0.2, 0.25) is 0 Å². The summed E-state index contributed by atoms with van der Waals surface area (Å²) in [7, 11) is 0. The maximum Gasteiger partial charge on any atom is 0.0574 e. The van der Waals surface area contributed by atoms with Crippen molar-refractivity contribution in [3.05, 3.63) is 35.4 Å². The summed E-state index contributed by atoms with van der Waals surface area (Å²) in [4.78, 5) is 0. The highest BCUT2D eigenvalue weighted by Gasteiger charge is 2.53. The van der Waals surface area contributed by atoms with Crippen molar-refractivity contribution >= 4 is 23.2 Å². The normalized spacial score (nSPS) is 40.8. The van der Waals surface area contributed by atoms with Gasteiger partial charge in [-0.3, -0.25) is 0 Å². The Hall–Kier alpha value is -0.200. The fourth-order valence-electron chi connectivity index (χ4n) is 2.66. The minimum atomic E-state index is 0.148. The third kappa shape index (κ3) is 0.936. The number of hydrogen-bond acceptors (Lipinski definition) is 0. The maximum absolute atomic E-state index is 6.20. The summed E-state index contributed by atoms with van der Waals surface area (Å²) >= 11 is 12.4. The lowest BCUT2D eigenvalue weighted by atomic mass is 9.73. The molecule has 0 aromatic heterocycles. The summed E-state index contributed by atoms with van der Waals surface area (Å²) < 4.78 is 0. The second-order valence-corrected chi connectivity index (χ2v) is 4.99. The van der Waals surface area contributed by atoms with Crippen molar-refractivity contribution in [2.45, 2.75) is 23.1 Å². The van der Waals surface area contributed by atoms with Crippen LogP contribution in [-0.2, 0) is 6.42 Å². The number of rotatable bonds is 0. The van der Waals surface area contributed by atoms with Crippen LogP contribution < -0.4 is 0 Å². The van der Waals surface area contributed by atoms with Gasteiger partial charge in [-0.1, -0.05) is 24.3 Å². The first-order chi connectivity index (χ1) is 6.29. The van der Waals surface area contributed by atoms with Crippen LogP contribution in [-0.4, -0.2) is 10.8 Å². The van der Waals surface area contributed by atoms with E-state index >= 15 is 0 Å². The molecule has 0 nitrogen and oxygen atoms in total. The van der Waals surface area contributed by atoms with E-state index < -0.39 is 0 Å². The highest BCUT2D eigenvalue weighted by molar-refractivity contribution is 6.32. The summed E-state index contributed by atoms with van der Waals surface area (Å²) in [5.41, 5.74) is 2.88. The molecule has 2 heteroatoms. The topological polar surface area (TPSA) is 0 Å². The summed E-state index contributed by atoms with van der Waals surface area (Å²) in [5.74, 6) is 1.13. The second-order valence-electron chi connectivity index (χ2n) is 3.98. The molecular formula is C11H10Cl2. The molecule has 1 aromatic carbocycles. The van der Waals surface area contributed by atoms with Gasteiger partial charge in [-0.2, -0.15) is 0 Å². The van der Waals surface area contributed by atoms with Crippen LogP contribution in [0.15, 0.2) is 24.3 Å². The minimum absolute atomic E-state index is 0.148. The van der Waals surface area contributed by atoms with Gasteiger partial charge in [0.25, 0.3) is 0 Å². The quantitative estimate of drug-likeness (QED) is 0.580. The molecule has 68 valence electrons. The smallest absolute Gasteiger partial charge is 0.0574 e. The van der Waals surface area contributed by atoms with E-state index in [1.807, 2.05) is 0 Å². The fourth-order valence-corrected chi connectivity index (χ4v) is 3.58. The lowest BCUT2D eigenvalue weighted by Crippen LogP contribution is -2.45. The molecule has 0 bridgehead atoms. The van der Waals surface area contributed by atoms with Gasteiger partial charge in [0.15, 0.2) is 0 Å². The van der Waals surface area contributed by atoms with Gasteiger partial charge in [0.1, 0.15) is 0 Å². The van der Waals surface area contributed by atoms with Gasteiger partial charge >= 0.3 is 0 Å². The van der Waals surface area contributed by atoms with Crippen molar-refractivity contribution < 1.29 is 0 Å². The van der Waals surface area contributed by atoms with Gasteiger partial charge in [-0.15, -0.1) is 23.2 Å². The highest BCUT2D eigenvalue weighted by atomic mass is 35.5. The van der Waals surface area contributed by atoms with Crippen LogP contribution in [0.4, 0.5) is 0 Å². The molecule has 1 aromatic rings. The largest absolute Gasteiger partial charge is 0.121 e. The van der Waals surface area contributed by atoms with Crippen LogP contribution in [0.5, 0.6) is 0 Å². The van der Waals surface area contributed by atoms with Gasteiger partial charge in [0, 0.05) is 5.92 Å².